The Hall–Kier alpha value is -0.580. The topological polar surface area (TPSA) is 52.6 Å². The summed E-state index contributed by atoms with van der Waals surface area (Å²) in [7, 11) is 0. The number of carbonyl (C=O) groups is 2. The Morgan fingerprint density at radius 2 is 1.93 bits per heavy atom. The van der Waals surface area contributed by atoms with Crippen LogP contribution < -0.4 is 0 Å². The van der Waals surface area contributed by atoms with Crippen LogP contribution in [0.3, 0.4) is 0 Å². The number of rotatable bonds is 4. The summed E-state index contributed by atoms with van der Waals surface area (Å²) in [4.78, 5) is 22.6. The summed E-state index contributed by atoms with van der Waals surface area (Å²) in [5.74, 6) is -1.10. The van der Waals surface area contributed by atoms with Gasteiger partial charge in [0.15, 0.2) is 0 Å². The van der Waals surface area contributed by atoms with Gasteiger partial charge in [0, 0.05) is 0 Å². The zero-order valence-corrected chi connectivity index (χ0v) is 9.80. The highest BCUT2D eigenvalue weighted by molar-refractivity contribution is 9.10. The highest BCUT2D eigenvalue weighted by Gasteiger charge is 2.64. The molecule has 1 aliphatic carbocycles. The summed E-state index contributed by atoms with van der Waals surface area (Å²) in [5.41, 5.74) is 0. The quantitative estimate of drug-likeness (QED) is 0.567. The Balaban J connectivity index is 2.49. The van der Waals surface area contributed by atoms with Crippen LogP contribution in [0.2, 0.25) is 0 Å². The van der Waals surface area contributed by atoms with Gasteiger partial charge in [0.05, 0.1) is 19.1 Å². The predicted molar refractivity (Wildman–Crippen MR) is 53.0 cm³/mol. The molecule has 1 fully saturated rings. The van der Waals surface area contributed by atoms with Crippen molar-refractivity contribution in [2.24, 2.45) is 5.92 Å². The van der Waals surface area contributed by atoms with Crippen LogP contribution in [-0.2, 0) is 19.1 Å². The maximum Gasteiger partial charge on any atom is 0.323 e. The Kier molecular flexibility index (Phi) is 3.53. The SMILES string of the molecule is CCOC(=O)C1CC1(Br)C(=O)OCC. The zero-order valence-electron chi connectivity index (χ0n) is 8.21. The lowest BCUT2D eigenvalue weighted by Gasteiger charge is -2.07. The first-order valence-electron chi connectivity index (χ1n) is 4.59. The molecule has 0 radical (unpaired) electrons. The van der Waals surface area contributed by atoms with Gasteiger partial charge in [-0.05, 0) is 20.3 Å². The summed E-state index contributed by atoms with van der Waals surface area (Å²) in [6.07, 6.45) is 0.463. The van der Waals surface area contributed by atoms with Crippen molar-refractivity contribution in [2.45, 2.75) is 24.6 Å². The summed E-state index contributed by atoms with van der Waals surface area (Å²) < 4.78 is 8.82. The molecule has 2 atom stereocenters. The third-order valence-electron chi connectivity index (χ3n) is 2.08. The predicted octanol–water partition coefficient (Wildman–Crippen LogP) is 1.27. The van der Waals surface area contributed by atoms with Crippen LogP contribution in [0.15, 0.2) is 0 Å². The van der Waals surface area contributed by atoms with Crippen molar-refractivity contribution in [1.29, 1.82) is 0 Å². The smallest absolute Gasteiger partial charge is 0.323 e. The van der Waals surface area contributed by atoms with E-state index < -0.39 is 4.32 Å². The Bertz CT molecular complexity index is 253. The largest absolute Gasteiger partial charge is 0.466 e. The van der Waals surface area contributed by atoms with E-state index >= 15 is 0 Å². The molecule has 0 bridgehead atoms. The molecule has 0 aliphatic heterocycles. The molecule has 0 aromatic carbocycles. The summed E-state index contributed by atoms with van der Waals surface area (Å²) in [5, 5.41) is 0. The minimum absolute atomic E-state index is 0.321. The molecule has 80 valence electrons. The molecule has 0 aromatic rings. The number of alkyl halides is 1. The van der Waals surface area contributed by atoms with Gasteiger partial charge in [-0.3, -0.25) is 9.59 Å². The van der Waals surface area contributed by atoms with Crippen LogP contribution in [0.25, 0.3) is 0 Å². The van der Waals surface area contributed by atoms with Crippen molar-refractivity contribution < 1.29 is 19.1 Å². The van der Waals surface area contributed by atoms with Gasteiger partial charge in [-0.2, -0.15) is 0 Å². The van der Waals surface area contributed by atoms with Gasteiger partial charge in [-0.1, -0.05) is 15.9 Å². The lowest BCUT2D eigenvalue weighted by Crippen LogP contribution is -2.24. The number of ether oxygens (including phenoxy) is 2. The van der Waals surface area contributed by atoms with E-state index in [9.17, 15) is 9.59 Å². The molecule has 0 N–H and O–H groups in total. The zero-order chi connectivity index (χ0) is 10.8. The fourth-order valence-electron chi connectivity index (χ4n) is 1.23. The summed E-state index contributed by atoms with van der Waals surface area (Å²) in [6, 6.07) is 0. The van der Waals surface area contributed by atoms with E-state index in [2.05, 4.69) is 15.9 Å². The third-order valence-corrected chi connectivity index (χ3v) is 3.28. The van der Waals surface area contributed by atoms with Crippen molar-refractivity contribution in [3.63, 3.8) is 0 Å². The molecule has 0 saturated heterocycles. The van der Waals surface area contributed by atoms with Crippen LogP contribution in [0.5, 0.6) is 0 Å². The van der Waals surface area contributed by atoms with Gasteiger partial charge in [0.25, 0.3) is 0 Å². The molecular formula is C9H13BrO4. The van der Waals surface area contributed by atoms with Gasteiger partial charge >= 0.3 is 11.9 Å². The highest BCUT2D eigenvalue weighted by atomic mass is 79.9. The van der Waals surface area contributed by atoms with Crippen LogP contribution in [-0.4, -0.2) is 29.5 Å². The van der Waals surface area contributed by atoms with Crippen molar-refractivity contribution in [1.82, 2.24) is 0 Å². The normalized spacial score (nSPS) is 29.5. The fraction of sp³-hybridized carbons (Fsp3) is 0.778. The highest BCUT2D eigenvalue weighted by Crippen LogP contribution is 2.52. The Labute approximate surface area is 91.1 Å². The molecule has 4 nitrogen and oxygen atoms in total. The number of carbonyl (C=O) groups excluding carboxylic acids is 2. The van der Waals surface area contributed by atoms with E-state index in [1.165, 1.54) is 0 Å². The average molecular weight is 265 g/mol. The van der Waals surface area contributed by atoms with Gasteiger partial charge in [0.1, 0.15) is 4.32 Å². The van der Waals surface area contributed by atoms with E-state index in [1.54, 1.807) is 13.8 Å². The maximum atomic E-state index is 11.4. The standard InChI is InChI=1S/C9H13BrO4/c1-3-13-7(11)6-5-9(6,10)8(12)14-4-2/h6H,3-5H2,1-2H3. The minimum atomic E-state index is -0.824. The third kappa shape index (κ3) is 2.08. The maximum absolute atomic E-state index is 11.4. The van der Waals surface area contributed by atoms with Gasteiger partial charge in [0.2, 0.25) is 0 Å². The molecule has 1 saturated carbocycles. The number of halogens is 1. The first kappa shape index (κ1) is 11.5. The summed E-state index contributed by atoms with van der Waals surface area (Å²) >= 11 is 3.22. The first-order valence-corrected chi connectivity index (χ1v) is 5.38. The molecule has 14 heavy (non-hydrogen) atoms. The number of hydrogen-bond acceptors (Lipinski definition) is 4. The minimum Gasteiger partial charge on any atom is -0.466 e. The lowest BCUT2D eigenvalue weighted by atomic mass is 10.3. The van der Waals surface area contributed by atoms with E-state index in [1.807, 2.05) is 0 Å². The van der Waals surface area contributed by atoms with Crippen molar-refractivity contribution in [2.75, 3.05) is 13.2 Å². The van der Waals surface area contributed by atoms with Crippen LogP contribution >= 0.6 is 15.9 Å². The van der Waals surface area contributed by atoms with Gasteiger partial charge < -0.3 is 9.47 Å². The van der Waals surface area contributed by atoms with Crippen LogP contribution in [0, 0.1) is 5.92 Å². The van der Waals surface area contributed by atoms with E-state index in [0.29, 0.717) is 19.6 Å². The molecule has 0 spiro atoms. The molecule has 1 rings (SSSR count). The van der Waals surface area contributed by atoms with E-state index in [0.717, 1.165) is 0 Å². The van der Waals surface area contributed by atoms with Crippen LogP contribution in [0.4, 0.5) is 0 Å². The molecule has 1 aliphatic rings. The van der Waals surface area contributed by atoms with Crippen molar-refractivity contribution >= 4 is 27.9 Å². The molecule has 2 unspecified atom stereocenters. The lowest BCUT2D eigenvalue weighted by molar-refractivity contribution is -0.149. The van der Waals surface area contributed by atoms with Gasteiger partial charge in [-0.15, -0.1) is 0 Å². The van der Waals surface area contributed by atoms with Crippen LogP contribution in [0.1, 0.15) is 20.3 Å². The van der Waals surface area contributed by atoms with Crippen molar-refractivity contribution in [3.8, 4) is 0 Å². The fourth-order valence-corrected chi connectivity index (χ4v) is 1.85. The average Bonchev–Trinajstić information content (AvgIpc) is 2.81. The molecule has 5 heteroatoms. The van der Waals surface area contributed by atoms with Crippen molar-refractivity contribution in [3.05, 3.63) is 0 Å². The second-order valence-electron chi connectivity index (χ2n) is 3.09. The second kappa shape index (κ2) is 4.29. The molecular weight excluding hydrogens is 252 g/mol. The molecule has 0 amide bonds. The second-order valence-corrected chi connectivity index (χ2v) is 4.51. The first-order chi connectivity index (χ1) is 6.56. The Morgan fingerprint density at radius 3 is 2.43 bits per heavy atom. The van der Waals surface area contributed by atoms with E-state index in [4.69, 9.17) is 9.47 Å². The number of hydrogen-bond donors (Lipinski definition) is 0. The summed E-state index contributed by atoms with van der Waals surface area (Å²) in [6.45, 7) is 4.12. The van der Waals surface area contributed by atoms with E-state index in [-0.39, 0.29) is 17.9 Å². The molecule has 0 heterocycles. The number of esters is 2. The Morgan fingerprint density at radius 1 is 1.36 bits per heavy atom. The molecule has 0 aromatic heterocycles. The van der Waals surface area contributed by atoms with Gasteiger partial charge in [-0.25, -0.2) is 0 Å². The monoisotopic (exact) mass is 264 g/mol.